The first-order valence-corrected chi connectivity index (χ1v) is 4.86. The SMILES string of the molecule is NOCC1(c2ccc(O)cc2Cl)CC1. The molecule has 1 aliphatic rings. The number of hydrogen-bond acceptors (Lipinski definition) is 3. The molecule has 4 heteroatoms. The van der Waals surface area contributed by atoms with Crippen LogP contribution in [0.1, 0.15) is 18.4 Å². The molecule has 3 N–H and O–H groups in total. The van der Waals surface area contributed by atoms with Crippen LogP contribution in [0.2, 0.25) is 5.02 Å². The summed E-state index contributed by atoms with van der Waals surface area (Å²) < 4.78 is 0. The highest BCUT2D eigenvalue weighted by molar-refractivity contribution is 6.31. The molecule has 76 valence electrons. The molecule has 0 atom stereocenters. The Morgan fingerprint density at radius 2 is 2.21 bits per heavy atom. The van der Waals surface area contributed by atoms with E-state index in [9.17, 15) is 5.11 Å². The van der Waals surface area contributed by atoms with Crippen molar-refractivity contribution in [3.05, 3.63) is 28.8 Å². The molecule has 0 saturated heterocycles. The highest BCUT2D eigenvalue weighted by Gasteiger charge is 2.45. The highest BCUT2D eigenvalue weighted by Crippen LogP contribution is 2.50. The number of halogens is 1. The van der Waals surface area contributed by atoms with Crippen LogP contribution in [0.3, 0.4) is 0 Å². The Balaban J connectivity index is 2.32. The summed E-state index contributed by atoms with van der Waals surface area (Å²) in [6.45, 7) is 0.484. The second-order valence-corrected chi connectivity index (χ2v) is 4.16. The maximum Gasteiger partial charge on any atom is 0.117 e. The fraction of sp³-hybridized carbons (Fsp3) is 0.400. The zero-order valence-corrected chi connectivity index (χ0v) is 8.42. The van der Waals surface area contributed by atoms with Crippen LogP contribution in [0, 0.1) is 0 Å². The lowest BCUT2D eigenvalue weighted by Crippen LogP contribution is -2.18. The Labute approximate surface area is 87.4 Å². The number of nitrogens with two attached hydrogens (primary N) is 1. The van der Waals surface area contributed by atoms with Crippen LogP contribution in [0.25, 0.3) is 0 Å². The minimum atomic E-state index is -0.0144. The van der Waals surface area contributed by atoms with Gasteiger partial charge in [0.15, 0.2) is 0 Å². The molecule has 1 aliphatic carbocycles. The zero-order valence-electron chi connectivity index (χ0n) is 7.66. The highest BCUT2D eigenvalue weighted by atomic mass is 35.5. The van der Waals surface area contributed by atoms with Crippen LogP contribution in [0.15, 0.2) is 18.2 Å². The molecule has 0 aromatic heterocycles. The van der Waals surface area contributed by atoms with E-state index < -0.39 is 0 Å². The van der Waals surface area contributed by atoms with Crippen molar-refractivity contribution >= 4 is 11.6 Å². The predicted molar refractivity (Wildman–Crippen MR) is 54.2 cm³/mol. The largest absolute Gasteiger partial charge is 0.508 e. The van der Waals surface area contributed by atoms with E-state index in [0.717, 1.165) is 18.4 Å². The van der Waals surface area contributed by atoms with Crippen molar-refractivity contribution in [2.45, 2.75) is 18.3 Å². The summed E-state index contributed by atoms with van der Waals surface area (Å²) in [7, 11) is 0. The van der Waals surface area contributed by atoms with Crippen LogP contribution < -0.4 is 5.90 Å². The average Bonchev–Trinajstić information content (AvgIpc) is 2.86. The molecule has 1 aromatic carbocycles. The topological polar surface area (TPSA) is 55.5 Å². The number of rotatable bonds is 3. The van der Waals surface area contributed by atoms with E-state index in [0.29, 0.717) is 11.6 Å². The molecular formula is C10H12ClNO2. The molecule has 1 aromatic rings. The molecule has 1 fully saturated rings. The van der Waals surface area contributed by atoms with Gasteiger partial charge in [-0.15, -0.1) is 0 Å². The Morgan fingerprint density at radius 1 is 1.50 bits per heavy atom. The number of hydrogen-bond donors (Lipinski definition) is 2. The van der Waals surface area contributed by atoms with Gasteiger partial charge in [-0.25, -0.2) is 5.90 Å². The van der Waals surface area contributed by atoms with Crippen LogP contribution >= 0.6 is 11.6 Å². The Hall–Kier alpha value is -0.770. The third-order valence-electron chi connectivity index (χ3n) is 2.74. The smallest absolute Gasteiger partial charge is 0.117 e. The average molecular weight is 214 g/mol. The normalized spacial score (nSPS) is 18.1. The summed E-state index contributed by atoms with van der Waals surface area (Å²) in [4.78, 5) is 4.69. The second-order valence-electron chi connectivity index (χ2n) is 3.76. The number of benzene rings is 1. The molecule has 0 spiro atoms. The Morgan fingerprint density at radius 3 is 2.71 bits per heavy atom. The molecule has 0 radical (unpaired) electrons. The van der Waals surface area contributed by atoms with Gasteiger partial charge in [0, 0.05) is 10.4 Å². The van der Waals surface area contributed by atoms with Gasteiger partial charge in [-0.3, -0.25) is 0 Å². The van der Waals surface area contributed by atoms with Crippen LogP contribution in [0.4, 0.5) is 0 Å². The number of phenolic OH excluding ortho intramolecular Hbond substituents is 1. The Bertz CT molecular complexity index is 350. The maximum absolute atomic E-state index is 9.21. The molecule has 0 unspecified atom stereocenters. The van der Waals surface area contributed by atoms with Gasteiger partial charge in [0.2, 0.25) is 0 Å². The lowest BCUT2D eigenvalue weighted by Gasteiger charge is -2.15. The fourth-order valence-electron chi connectivity index (χ4n) is 1.74. The zero-order chi connectivity index (χ0) is 10.2. The molecule has 3 nitrogen and oxygen atoms in total. The first kappa shape index (κ1) is 9.77. The van der Waals surface area contributed by atoms with Crippen molar-refractivity contribution in [3.63, 3.8) is 0 Å². The van der Waals surface area contributed by atoms with Crippen LogP contribution in [0.5, 0.6) is 5.75 Å². The van der Waals surface area contributed by atoms with Gasteiger partial charge in [0.05, 0.1) is 6.61 Å². The van der Waals surface area contributed by atoms with Crippen molar-refractivity contribution in [2.24, 2.45) is 5.90 Å². The standard InChI is InChI=1S/C10H12ClNO2/c11-9-5-7(13)1-2-8(9)10(3-4-10)6-14-12/h1-2,5,13H,3-4,6,12H2. The van der Waals surface area contributed by atoms with E-state index in [1.54, 1.807) is 12.1 Å². The van der Waals surface area contributed by atoms with E-state index in [-0.39, 0.29) is 11.2 Å². The van der Waals surface area contributed by atoms with Crippen molar-refractivity contribution in [1.82, 2.24) is 0 Å². The van der Waals surface area contributed by atoms with Gasteiger partial charge in [0.25, 0.3) is 0 Å². The third kappa shape index (κ3) is 1.59. The molecular weight excluding hydrogens is 202 g/mol. The quantitative estimate of drug-likeness (QED) is 0.755. The van der Waals surface area contributed by atoms with Gasteiger partial charge in [0.1, 0.15) is 5.75 Å². The summed E-state index contributed by atoms with van der Waals surface area (Å²) in [6, 6.07) is 5.02. The van der Waals surface area contributed by atoms with Crippen molar-refractivity contribution < 1.29 is 9.94 Å². The first-order valence-electron chi connectivity index (χ1n) is 4.49. The van der Waals surface area contributed by atoms with E-state index in [4.69, 9.17) is 17.5 Å². The van der Waals surface area contributed by atoms with Crippen LogP contribution in [-0.4, -0.2) is 11.7 Å². The van der Waals surface area contributed by atoms with E-state index in [1.807, 2.05) is 6.07 Å². The van der Waals surface area contributed by atoms with Gasteiger partial charge < -0.3 is 9.94 Å². The Kier molecular flexibility index (Phi) is 2.39. The van der Waals surface area contributed by atoms with Gasteiger partial charge in [-0.2, -0.15) is 0 Å². The molecule has 14 heavy (non-hydrogen) atoms. The summed E-state index contributed by atoms with van der Waals surface area (Å²) in [5, 5.41) is 9.80. The summed E-state index contributed by atoms with van der Waals surface area (Å²) >= 11 is 6.03. The summed E-state index contributed by atoms with van der Waals surface area (Å²) in [6.07, 6.45) is 2.07. The van der Waals surface area contributed by atoms with Gasteiger partial charge >= 0.3 is 0 Å². The molecule has 2 rings (SSSR count). The third-order valence-corrected chi connectivity index (χ3v) is 3.05. The van der Waals surface area contributed by atoms with Gasteiger partial charge in [-0.05, 0) is 30.5 Å². The molecule has 0 bridgehead atoms. The molecule has 0 aliphatic heterocycles. The monoisotopic (exact) mass is 213 g/mol. The number of phenols is 1. The maximum atomic E-state index is 9.21. The molecule has 1 saturated carbocycles. The molecule has 0 heterocycles. The van der Waals surface area contributed by atoms with Crippen molar-refractivity contribution in [2.75, 3.05) is 6.61 Å². The predicted octanol–water partition coefficient (Wildman–Crippen LogP) is 1.97. The van der Waals surface area contributed by atoms with E-state index in [2.05, 4.69) is 4.84 Å². The van der Waals surface area contributed by atoms with Crippen molar-refractivity contribution in [3.8, 4) is 5.75 Å². The summed E-state index contributed by atoms with van der Waals surface area (Å²) in [5.74, 6) is 5.26. The molecule has 0 amide bonds. The van der Waals surface area contributed by atoms with Crippen LogP contribution in [-0.2, 0) is 10.3 Å². The second kappa shape index (κ2) is 3.42. The minimum Gasteiger partial charge on any atom is -0.508 e. The van der Waals surface area contributed by atoms with Crippen molar-refractivity contribution in [1.29, 1.82) is 0 Å². The summed E-state index contributed by atoms with van der Waals surface area (Å²) in [5.41, 5.74) is 1.00. The first-order chi connectivity index (χ1) is 6.68. The van der Waals surface area contributed by atoms with E-state index in [1.165, 1.54) is 0 Å². The minimum absolute atomic E-state index is 0.0144. The number of aromatic hydroxyl groups is 1. The fourth-order valence-corrected chi connectivity index (χ4v) is 2.11. The van der Waals surface area contributed by atoms with E-state index >= 15 is 0 Å². The van der Waals surface area contributed by atoms with Gasteiger partial charge in [-0.1, -0.05) is 17.7 Å². The lowest BCUT2D eigenvalue weighted by atomic mass is 9.97. The lowest BCUT2D eigenvalue weighted by molar-refractivity contribution is 0.116.